The van der Waals surface area contributed by atoms with Crippen LogP contribution in [0.2, 0.25) is 0 Å². The van der Waals surface area contributed by atoms with Crippen LogP contribution in [0.25, 0.3) is 0 Å². The molecule has 2 heterocycles. The van der Waals surface area contributed by atoms with Crippen molar-refractivity contribution in [2.24, 2.45) is 0 Å². The molecular weight excluding hydrogens is 344 g/mol. The molecule has 6 nitrogen and oxygen atoms in total. The van der Waals surface area contributed by atoms with E-state index in [1.807, 2.05) is 6.92 Å². The molecule has 2 aliphatic heterocycles. The van der Waals surface area contributed by atoms with E-state index in [0.29, 0.717) is 19.4 Å². The number of hydrogen-bond acceptors (Lipinski definition) is 5. The molecule has 2 atom stereocenters. The first-order chi connectivity index (χ1) is 12.4. The lowest BCUT2D eigenvalue weighted by Gasteiger charge is -2.58. The van der Waals surface area contributed by atoms with Gasteiger partial charge in [-0.2, -0.15) is 0 Å². The number of ether oxygens (including phenoxy) is 1. The first-order valence-corrected chi connectivity index (χ1v) is 10.5. The Balaban J connectivity index is 2.18. The number of carbonyl (C=O) groups is 1. The molecule has 1 amide bonds. The number of piperidine rings is 1. The van der Waals surface area contributed by atoms with Crippen molar-refractivity contribution in [3.05, 3.63) is 0 Å². The van der Waals surface area contributed by atoms with Gasteiger partial charge in [0, 0.05) is 30.5 Å². The zero-order valence-corrected chi connectivity index (χ0v) is 18.1. The second kappa shape index (κ2) is 7.97. The molecule has 0 saturated carbocycles. The van der Waals surface area contributed by atoms with Crippen LogP contribution in [0.4, 0.5) is 0 Å². The summed E-state index contributed by atoms with van der Waals surface area (Å²) in [5.74, 6) is -0.0102. The van der Waals surface area contributed by atoms with Gasteiger partial charge >= 0.3 is 0 Å². The van der Waals surface area contributed by atoms with E-state index in [1.54, 1.807) is 0 Å². The molecule has 2 rings (SSSR count). The Bertz CT molecular complexity index is 516. The van der Waals surface area contributed by atoms with Crippen LogP contribution in [-0.2, 0) is 9.53 Å². The van der Waals surface area contributed by atoms with Crippen molar-refractivity contribution in [1.82, 2.24) is 10.2 Å². The zero-order valence-electron chi connectivity index (χ0n) is 18.1. The van der Waals surface area contributed by atoms with Crippen LogP contribution < -0.4 is 5.32 Å². The van der Waals surface area contributed by atoms with E-state index < -0.39 is 17.4 Å². The second-order valence-corrected chi connectivity index (χ2v) is 10.0. The van der Waals surface area contributed by atoms with Gasteiger partial charge in [0.2, 0.25) is 0 Å². The smallest absolute Gasteiger partial charge is 0.254 e. The van der Waals surface area contributed by atoms with Crippen molar-refractivity contribution in [3.63, 3.8) is 0 Å². The van der Waals surface area contributed by atoms with Gasteiger partial charge in [0.15, 0.2) is 5.60 Å². The molecule has 6 heteroatoms. The molecule has 0 aliphatic carbocycles. The summed E-state index contributed by atoms with van der Waals surface area (Å²) < 4.78 is 6.52. The van der Waals surface area contributed by atoms with Crippen LogP contribution in [-0.4, -0.2) is 62.7 Å². The van der Waals surface area contributed by atoms with E-state index >= 15 is 0 Å². The topological polar surface area (TPSA) is 82.0 Å². The summed E-state index contributed by atoms with van der Waals surface area (Å²) in [6.07, 6.45) is 5.76. The van der Waals surface area contributed by atoms with Gasteiger partial charge in [0.25, 0.3) is 5.91 Å². The highest BCUT2D eigenvalue weighted by Gasteiger charge is 2.62. The second-order valence-electron chi connectivity index (χ2n) is 10.0. The molecule has 3 N–H and O–H groups in total. The highest BCUT2D eigenvalue weighted by Crippen LogP contribution is 2.49. The van der Waals surface area contributed by atoms with Crippen molar-refractivity contribution < 1.29 is 19.7 Å². The molecule has 1 spiro atoms. The maximum absolute atomic E-state index is 13.1. The number of rotatable bonds is 8. The minimum absolute atomic E-state index is 0.0102. The summed E-state index contributed by atoms with van der Waals surface area (Å²) in [4.78, 5) is 15.3. The number of carbonyl (C=O) groups excluding carboxylic acids is 1. The Morgan fingerprint density at radius 1 is 1.11 bits per heavy atom. The molecule has 27 heavy (non-hydrogen) atoms. The van der Waals surface area contributed by atoms with Gasteiger partial charge in [-0.3, -0.25) is 9.69 Å². The summed E-state index contributed by atoms with van der Waals surface area (Å²) in [6, 6.07) is 0. The lowest BCUT2D eigenvalue weighted by atomic mass is 9.70. The number of hydrogen-bond donors (Lipinski definition) is 3. The Morgan fingerprint density at radius 2 is 1.70 bits per heavy atom. The molecule has 0 aromatic carbocycles. The number of aliphatic hydroxyl groups excluding tert-OH is 2. The van der Waals surface area contributed by atoms with Crippen LogP contribution >= 0.6 is 0 Å². The van der Waals surface area contributed by atoms with Crippen molar-refractivity contribution in [2.45, 2.75) is 115 Å². The Morgan fingerprint density at radius 3 is 2.22 bits per heavy atom. The highest BCUT2D eigenvalue weighted by molar-refractivity contribution is 5.88. The maximum Gasteiger partial charge on any atom is 0.254 e. The van der Waals surface area contributed by atoms with E-state index in [1.165, 1.54) is 12.8 Å². The SMILES string of the molecule is CCCCCCC1(C)NC(=O)C2(CC(C)(C)N(CC(O)CO)C(C)(C)C2)O1. The first kappa shape index (κ1) is 22.6. The number of nitrogens with zero attached hydrogens (tertiary/aromatic N) is 1. The quantitative estimate of drug-likeness (QED) is 0.560. The normalized spacial score (nSPS) is 30.4. The van der Waals surface area contributed by atoms with Crippen LogP contribution in [0.15, 0.2) is 0 Å². The van der Waals surface area contributed by atoms with Gasteiger partial charge in [0.1, 0.15) is 5.72 Å². The summed E-state index contributed by atoms with van der Waals surface area (Å²) in [5.41, 5.74) is -2.14. The van der Waals surface area contributed by atoms with Crippen LogP contribution in [0.3, 0.4) is 0 Å². The minimum Gasteiger partial charge on any atom is -0.394 e. The molecule has 0 aromatic rings. The zero-order chi connectivity index (χ0) is 20.5. The van der Waals surface area contributed by atoms with Crippen molar-refractivity contribution in [1.29, 1.82) is 0 Å². The molecule has 0 radical (unpaired) electrons. The third-order valence-corrected chi connectivity index (χ3v) is 6.22. The van der Waals surface area contributed by atoms with E-state index in [-0.39, 0.29) is 23.6 Å². The predicted molar refractivity (Wildman–Crippen MR) is 106 cm³/mol. The fourth-order valence-electron chi connectivity index (χ4n) is 5.33. The Labute approximate surface area is 164 Å². The summed E-state index contributed by atoms with van der Waals surface area (Å²) in [5, 5.41) is 22.4. The number of unbranched alkanes of at least 4 members (excludes halogenated alkanes) is 3. The van der Waals surface area contributed by atoms with E-state index in [9.17, 15) is 15.0 Å². The number of nitrogens with one attached hydrogen (secondary N) is 1. The van der Waals surface area contributed by atoms with E-state index in [2.05, 4.69) is 44.8 Å². The largest absolute Gasteiger partial charge is 0.394 e. The molecule has 2 saturated heterocycles. The van der Waals surface area contributed by atoms with Crippen LogP contribution in [0.1, 0.15) is 86.5 Å². The molecule has 2 aliphatic rings. The van der Waals surface area contributed by atoms with Crippen molar-refractivity contribution in [3.8, 4) is 0 Å². The van der Waals surface area contributed by atoms with Gasteiger partial charge in [0.05, 0.1) is 12.7 Å². The molecule has 2 unspecified atom stereocenters. The number of aliphatic hydroxyl groups is 2. The van der Waals surface area contributed by atoms with Gasteiger partial charge in [-0.05, 0) is 47.5 Å². The fraction of sp³-hybridized carbons (Fsp3) is 0.952. The van der Waals surface area contributed by atoms with Crippen LogP contribution in [0.5, 0.6) is 0 Å². The van der Waals surface area contributed by atoms with Crippen molar-refractivity contribution >= 4 is 5.91 Å². The molecular formula is C21H40N2O4. The summed E-state index contributed by atoms with van der Waals surface area (Å²) in [6.45, 7) is 12.7. The molecule has 0 bridgehead atoms. The summed E-state index contributed by atoms with van der Waals surface area (Å²) >= 11 is 0. The highest BCUT2D eigenvalue weighted by atomic mass is 16.6. The lowest BCUT2D eigenvalue weighted by molar-refractivity contribution is -0.189. The molecule has 0 aromatic heterocycles. The standard InChI is InChI=1S/C21H40N2O4/c1-7-8-9-10-11-20(6)22-17(26)21(27-20)14-18(2,3)23(12-16(25)13-24)19(4,5)15-21/h16,24-25H,7-15H2,1-6H3,(H,22,26). The maximum atomic E-state index is 13.1. The third-order valence-electron chi connectivity index (χ3n) is 6.22. The Kier molecular flexibility index (Phi) is 6.67. The van der Waals surface area contributed by atoms with Crippen LogP contribution in [0, 0.1) is 0 Å². The average Bonchev–Trinajstić information content (AvgIpc) is 2.76. The average molecular weight is 385 g/mol. The Hall–Kier alpha value is -0.690. The summed E-state index contributed by atoms with van der Waals surface area (Å²) in [7, 11) is 0. The van der Waals surface area contributed by atoms with Gasteiger partial charge in [-0.15, -0.1) is 0 Å². The third kappa shape index (κ3) is 4.84. The minimum atomic E-state index is -0.840. The number of β-amino-alcohol motifs (C(OH)–C–C–N with tert-alkyl or cyclic N) is 1. The first-order valence-electron chi connectivity index (χ1n) is 10.5. The fourth-order valence-corrected chi connectivity index (χ4v) is 5.33. The van der Waals surface area contributed by atoms with Crippen molar-refractivity contribution in [2.75, 3.05) is 13.2 Å². The molecule has 2 fully saturated rings. The van der Waals surface area contributed by atoms with E-state index in [0.717, 1.165) is 19.3 Å². The van der Waals surface area contributed by atoms with Gasteiger partial charge < -0.3 is 20.3 Å². The van der Waals surface area contributed by atoms with Gasteiger partial charge in [-0.25, -0.2) is 0 Å². The lowest BCUT2D eigenvalue weighted by Crippen LogP contribution is -2.68. The molecule has 158 valence electrons. The number of amides is 1. The predicted octanol–water partition coefficient (Wildman–Crippen LogP) is 2.56. The van der Waals surface area contributed by atoms with E-state index in [4.69, 9.17) is 4.74 Å². The monoisotopic (exact) mass is 384 g/mol. The van der Waals surface area contributed by atoms with Gasteiger partial charge in [-0.1, -0.05) is 26.2 Å². The number of likely N-dealkylation sites (tertiary alicyclic amines) is 1.